The molecule has 1 aromatic carbocycles. The lowest BCUT2D eigenvalue weighted by Crippen LogP contribution is -2.58. The van der Waals surface area contributed by atoms with Crippen LogP contribution in [0.15, 0.2) is 23.2 Å². The molecule has 6 heteroatoms. The number of nitrogens with one attached hydrogen (secondary N) is 1. The number of halogens is 1. The van der Waals surface area contributed by atoms with E-state index in [1.165, 1.54) is 23.8 Å². The maximum Gasteiger partial charge on any atom is 0.237 e. The molecule has 1 amide bonds. The SMILES string of the molecule is CC1CCCC1Nc1ccc(F)c(C2(C)N=C(N)N(C)C(=O)C2(C)C)c1. The number of amides is 1. The Kier molecular flexibility index (Phi) is 4.49. The van der Waals surface area contributed by atoms with E-state index < -0.39 is 11.0 Å². The average Bonchev–Trinajstić information content (AvgIpc) is 2.98. The number of nitrogens with two attached hydrogens (primary N) is 1. The second-order valence-electron chi connectivity index (χ2n) is 8.39. The summed E-state index contributed by atoms with van der Waals surface area (Å²) < 4.78 is 14.8. The fraction of sp³-hybridized carbons (Fsp3) is 0.600. The molecule has 1 fully saturated rings. The maximum atomic E-state index is 14.8. The Morgan fingerprint density at radius 1 is 1.31 bits per heavy atom. The van der Waals surface area contributed by atoms with Crippen LogP contribution >= 0.6 is 0 Å². The van der Waals surface area contributed by atoms with Crippen molar-refractivity contribution in [2.45, 2.75) is 58.5 Å². The molecule has 1 saturated carbocycles. The molecule has 142 valence electrons. The molecule has 3 N–H and O–H groups in total. The Morgan fingerprint density at radius 3 is 2.62 bits per heavy atom. The maximum absolute atomic E-state index is 14.8. The van der Waals surface area contributed by atoms with Crippen molar-refractivity contribution in [3.8, 4) is 0 Å². The van der Waals surface area contributed by atoms with Gasteiger partial charge in [-0.15, -0.1) is 0 Å². The fourth-order valence-corrected chi connectivity index (χ4v) is 4.13. The molecule has 1 aliphatic carbocycles. The van der Waals surface area contributed by atoms with E-state index in [-0.39, 0.29) is 17.7 Å². The van der Waals surface area contributed by atoms with Gasteiger partial charge in [-0.3, -0.25) is 9.69 Å². The van der Waals surface area contributed by atoms with Crippen molar-refractivity contribution in [1.29, 1.82) is 0 Å². The van der Waals surface area contributed by atoms with E-state index in [1.807, 2.05) is 0 Å². The van der Waals surface area contributed by atoms with Gasteiger partial charge in [-0.1, -0.05) is 13.3 Å². The topological polar surface area (TPSA) is 70.7 Å². The lowest BCUT2D eigenvalue weighted by atomic mass is 9.67. The van der Waals surface area contributed by atoms with Gasteiger partial charge >= 0.3 is 0 Å². The van der Waals surface area contributed by atoms with Gasteiger partial charge < -0.3 is 11.1 Å². The highest BCUT2D eigenvalue weighted by Gasteiger charge is 2.53. The first kappa shape index (κ1) is 18.7. The van der Waals surface area contributed by atoms with E-state index in [0.29, 0.717) is 17.5 Å². The van der Waals surface area contributed by atoms with Gasteiger partial charge in [0.1, 0.15) is 11.4 Å². The summed E-state index contributed by atoms with van der Waals surface area (Å²) in [4.78, 5) is 18.7. The molecule has 3 unspecified atom stereocenters. The largest absolute Gasteiger partial charge is 0.382 e. The fourth-order valence-electron chi connectivity index (χ4n) is 4.13. The second-order valence-corrected chi connectivity index (χ2v) is 8.39. The van der Waals surface area contributed by atoms with E-state index in [1.54, 1.807) is 40.0 Å². The van der Waals surface area contributed by atoms with E-state index in [9.17, 15) is 9.18 Å². The molecule has 26 heavy (non-hydrogen) atoms. The standard InChI is InChI=1S/C20H29FN4O/c1-12-7-6-8-16(12)23-13-9-10-15(21)14(11-13)20(4)19(2,3)17(26)25(5)18(22)24-20/h9-12,16,23H,6-8H2,1-5H3,(H2,22,24). The second kappa shape index (κ2) is 6.25. The van der Waals surface area contributed by atoms with Crippen molar-refractivity contribution in [3.63, 3.8) is 0 Å². The zero-order valence-electron chi connectivity index (χ0n) is 16.3. The summed E-state index contributed by atoms with van der Waals surface area (Å²) >= 11 is 0. The lowest BCUT2D eigenvalue weighted by Gasteiger charge is -2.46. The van der Waals surface area contributed by atoms with Crippen LogP contribution < -0.4 is 11.1 Å². The van der Waals surface area contributed by atoms with Crippen LogP contribution in [0.1, 0.15) is 52.5 Å². The smallest absolute Gasteiger partial charge is 0.237 e. The number of guanidine groups is 1. The van der Waals surface area contributed by atoms with Gasteiger partial charge in [-0.25, -0.2) is 9.38 Å². The van der Waals surface area contributed by atoms with Crippen LogP contribution in [0.4, 0.5) is 10.1 Å². The van der Waals surface area contributed by atoms with Crippen molar-refractivity contribution < 1.29 is 9.18 Å². The predicted molar refractivity (Wildman–Crippen MR) is 102 cm³/mol. The number of carbonyl (C=O) groups is 1. The summed E-state index contributed by atoms with van der Waals surface area (Å²) in [7, 11) is 1.60. The molecule has 3 atom stereocenters. The summed E-state index contributed by atoms with van der Waals surface area (Å²) in [5, 5.41) is 3.53. The quantitative estimate of drug-likeness (QED) is 0.867. The predicted octanol–water partition coefficient (Wildman–Crippen LogP) is 3.45. The molecular formula is C20H29FN4O. The number of carbonyl (C=O) groups excluding carboxylic acids is 1. The first-order chi connectivity index (χ1) is 12.1. The molecular weight excluding hydrogens is 331 g/mol. The Labute approximate surface area is 154 Å². The Hall–Kier alpha value is -2.11. The number of hydrogen-bond donors (Lipinski definition) is 2. The lowest BCUT2D eigenvalue weighted by molar-refractivity contribution is -0.140. The van der Waals surface area contributed by atoms with Crippen LogP contribution in [0.2, 0.25) is 0 Å². The molecule has 0 spiro atoms. The van der Waals surface area contributed by atoms with Crippen LogP contribution in [-0.2, 0) is 10.3 Å². The van der Waals surface area contributed by atoms with Gasteiger partial charge in [-0.05, 0) is 57.7 Å². The molecule has 1 aliphatic heterocycles. The molecule has 2 aliphatic rings. The number of hydrogen-bond acceptors (Lipinski definition) is 4. The van der Waals surface area contributed by atoms with Crippen molar-refractivity contribution in [1.82, 2.24) is 4.90 Å². The molecule has 5 nitrogen and oxygen atoms in total. The van der Waals surface area contributed by atoms with Crippen LogP contribution in [-0.4, -0.2) is 29.9 Å². The van der Waals surface area contributed by atoms with Crippen LogP contribution in [0.5, 0.6) is 0 Å². The Morgan fingerprint density at radius 2 is 2.00 bits per heavy atom. The van der Waals surface area contributed by atoms with Crippen molar-refractivity contribution >= 4 is 17.6 Å². The molecule has 3 rings (SSSR count). The third kappa shape index (κ3) is 2.75. The van der Waals surface area contributed by atoms with Crippen molar-refractivity contribution in [3.05, 3.63) is 29.6 Å². The highest BCUT2D eigenvalue weighted by Crippen LogP contribution is 2.47. The van der Waals surface area contributed by atoms with Crippen LogP contribution in [0.25, 0.3) is 0 Å². The first-order valence-electron chi connectivity index (χ1n) is 9.28. The number of anilines is 1. The van der Waals surface area contributed by atoms with Crippen molar-refractivity contribution in [2.24, 2.45) is 22.1 Å². The summed E-state index contributed by atoms with van der Waals surface area (Å²) in [6.07, 6.45) is 3.53. The molecule has 0 saturated heterocycles. The van der Waals surface area contributed by atoms with E-state index in [0.717, 1.165) is 12.1 Å². The molecule has 0 radical (unpaired) electrons. The van der Waals surface area contributed by atoms with Gasteiger partial charge in [0.05, 0.1) is 5.41 Å². The van der Waals surface area contributed by atoms with E-state index in [2.05, 4.69) is 17.2 Å². The molecule has 0 aromatic heterocycles. The summed E-state index contributed by atoms with van der Waals surface area (Å²) in [5.74, 6) is 0.155. The Balaban J connectivity index is 2.04. The number of benzene rings is 1. The van der Waals surface area contributed by atoms with Crippen LogP contribution in [0.3, 0.4) is 0 Å². The third-order valence-electron chi connectivity index (χ3n) is 6.44. The minimum absolute atomic E-state index is 0.110. The molecule has 1 aromatic rings. The highest BCUT2D eigenvalue weighted by molar-refractivity contribution is 6.01. The minimum atomic E-state index is -1.08. The van der Waals surface area contributed by atoms with Gasteiger partial charge in [0, 0.05) is 24.3 Å². The van der Waals surface area contributed by atoms with E-state index in [4.69, 9.17) is 5.73 Å². The van der Waals surface area contributed by atoms with Gasteiger partial charge in [-0.2, -0.15) is 0 Å². The summed E-state index contributed by atoms with van der Waals surface area (Å²) in [6, 6.07) is 5.39. The van der Waals surface area contributed by atoms with E-state index >= 15 is 0 Å². The van der Waals surface area contributed by atoms with Gasteiger partial charge in [0.25, 0.3) is 0 Å². The number of aliphatic imine (C=N–C) groups is 1. The highest BCUT2D eigenvalue weighted by atomic mass is 19.1. The third-order valence-corrected chi connectivity index (χ3v) is 6.44. The van der Waals surface area contributed by atoms with Gasteiger partial charge in [0.2, 0.25) is 5.91 Å². The zero-order valence-corrected chi connectivity index (χ0v) is 16.3. The average molecular weight is 360 g/mol. The normalized spacial score (nSPS) is 31.1. The summed E-state index contributed by atoms with van der Waals surface area (Å²) in [6.45, 7) is 7.60. The first-order valence-corrected chi connectivity index (χ1v) is 9.28. The van der Waals surface area contributed by atoms with Gasteiger partial charge in [0.15, 0.2) is 5.96 Å². The molecule has 1 heterocycles. The number of rotatable bonds is 3. The number of nitrogens with zero attached hydrogens (tertiary/aromatic N) is 2. The summed E-state index contributed by atoms with van der Waals surface area (Å²) in [5.41, 5.74) is 5.20. The van der Waals surface area contributed by atoms with Crippen LogP contribution in [0, 0.1) is 17.2 Å². The minimum Gasteiger partial charge on any atom is -0.382 e. The Bertz CT molecular complexity index is 760. The van der Waals surface area contributed by atoms with Crippen molar-refractivity contribution in [2.75, 3.05) is 12.4 Å². The zero-order chi connectivity index (χ0) is 19.3. The monoisotopic (exact) mass is 360 g/mol. The molecule has 0 bridgehead atoms.